The molecule has 1 fully saturated rings. The third-order valence-electron chi connectivity index (χ3n) is 6.14. The highest BCUT2D eigenvalue weighted by Gasteiger charge is 2.39. The number of sulfone groups is 1. The summed E-state index contributed by atoms with van der Waals surface area (Å²) >= 11 is 3.38. The number of rotatable bonds is 7. The number of primary amides is 1. The Morgan fingerprint density at radius 2 is 2.11 bits per heavy atom. The van der Waals surface area contributed by atoms with Crippen LogP contribution in [0.1, 0.15) is 24.4 Å². The largest absolute Gasteiger partial charge is 0.463 e. The molecule has 0 aliphatic carbocycles. The minimum absolute atomic E-state index is 0.0178. The Morgan fingerprint density at radius 1 is 1.35 bits per heavy atom. The zero-order valence-electron chi connectivity index (χ0n) is 20.1. The zero-order valence-corrected chi connectivity index (χ0v) is 22.6. The van der Waals surface area contributed by atoms with Crippen molar-refractivity contribution in [2.45, 2.75) is 19.0 Å². The summed E-state index contributed by atoms with van der Waals surface area (Å²) in [6, 6.07) is 2.06. The number of nitrogens with zero attached hydrogens (tertiary/aromatic N) is 4. The van der Waals surface area contributed by atoms with Crippen LogP contribution in [0.2, 0.25) is 0 Å². The minimum atomic E-state index is -3.45. The number of aliphatic imine (C=N–C) groups is 1. The van der Waals surface area contributed by atoms with Gasteiger partial charge in [-0.05, 0) is 24.6 Å². The van der Waals surface area contributed by atoms with Crippen molar-refractivity contribution in [3.05, 3.63) is 63.5 Å². The Kier molecular flexibility index (Phi) is 7.80. The third kappa shape index (κ3) is 5.75. The van der Waals surface area contributed by atoms with Crippen molar-refractivity contribution < 1.29 is 27.1 Å². The van der Waals surface area contributed by atoms with E-state index in [0.29, 0.717) is 27.4 Å². The lowest BCUT2D eigenvalue weighted by Crippen LogP contribution is -2.56. The first-order chi connectivity index (χ1) is 17.5. The number of carbonyl (C=O) groups excluding carboxylic acids is 2. The maximum Gasteiger partial charge on any atom is 0.338 e. The number of halogens is 2. The van der Waals surface area contributed by atoms with Gasteiger partial charge in [0.05, 0.1) is 23.7 Å². The van der Waals surface area contributed by atoms with Crippen molar-refractivity contribution in [2.75, 3.05) is 31.2 Å². The van der Waals surface area contributed by atoms with Crippen LogP contribution < -0.4 is 11.1 Å². The van der Waals surface area contributed by atoms with Crippen LogP contribution in [-0.4, -0.2) is 77.8 Å². The van der Waals surface area contributed by atoms with E-state index in [-0.39, 0.29) is 31.0 Å². The summed E-state index contributed by atoms with van der Waals surface area (Å²) in [6.07, 6.45) is 3.32. The number of aryl methyl sites for hydroxylation is 1. The number of ether oxygens (including phenoxy) is 1. The molecule has 2 aromatic rings. The molecule has 1 amide bonds. The first-order valence-corrected chi connectivity index (χ1v) is 14.0. The second-order valence-electron chi connectivity index (χ2n) is 8.65. The molecule has 1 aromatic heterocycles. The molecular weight excluding hydrogens is 571 g/mol. The van der Waals surface area contributed by atoms with E-state index >= 15 is 0 Å². The van der Waals surface area contributed by atoms with Crippen molar-refractivity contribution in [3.8, 4) is 0 Å². The van der Waals surface area contributed by atoms with E-state index < -0.39 is 45.4 Å². The van der Waals surface area contributed by atoms with Gasteiger partial charge in [0.2, 0.25) is 5.91 Å². The van der Waals surface area contributed by atoms with E-state index in [4.69, 9.17) is 15.5 Å². The van der Waals surface area contributed by atoms with Crippen molar-refractivity contribution >= 4 is 43.5 Å². The lowest BCUT2D eigenvalue weighted by molar-refractivity contribution is -0.139. The number of hydrogen-bond acceptors (Lipinski definition) is 9. The molecule has 3 heterocycles. The molecule has 3 N–H and O–H groups in total. The van der Waals surface area contributed by atoms with Crippen LogP contribution in [0.3, 0.4) is 0 Å². The SMILES string of the molecule is CCOC(=O)C1=C(CN2CCS(=O)(=O)CC2C(N)=O)NC(c2nccn2C)=NC1c1ccc(F)cc1Br. The molecule has 11 nitrogen and oxygen atoms in total. The topological polar surface area (TPSA) is 149 Å². The van der Waals surface area contributed by atoms with E-state index in [1.807, 2.05) is 0 Å². The van der Waals surface area contributed by atoms with Crippen LogP contribution >= 0.6 is 15.9 Å². The number of benzene rings is 1. The van der Waals surface area contributed by atoms with E-state index in [0.717, 1.165) is 0 Å². The molecule has 2 unspecified atom stereocenters. The molecule has 2 atom stereocenters. The fourth-order valence-electron chi connectivity index (χ4n) is 4.32. The van der Waals surface area contributed by atoms with Crippen molar-refractivity contribution in [3.63, 3.8) is 0 Å². The number of nitrogens with one attached hydrogen (secondary N) is 1. The lowest BCUT2D eigenvalue weighted by Gasteiger charge is -2.36. The maximum atomic E-state index is 13.9. The van der Waals surface area contributed by atoms with Gasteiger partial charge in [0.15, 0.2) is 21.5 Å². The van der Waals surface area contributed by atoms with Crippen LogP contribution in [0.4, 0.5) is 4.39 Å². The zero-order chi connectivity index (χ0) is 26.9. The average Bonchev–Trinajstić information content (AvgIpc) is 3.25. The molecule has 1 saturated heterocycles. The van der Waals surface area contributed by atoms with Gasteiger partial charge < -0.3 is 20.4 Å². The minimum Gasteiger partial charge on any atom is -0.463 e. The fourth-order valence-corrected chi connectivity index (χ4v) is 6.42. The van der Waals surface area contributed by atoms with Crippen molar-refractivity contribution in [1.82, 2.24) is 19.8 Å². The third-order valence-corrected chi connectivity index (χ3v) is 8.46. The van der Waals surface area contributed by atoms with Crippen LogP contribution in [-0.2, 0) is 31.2 Å². The van der Waals surface area contributed by atoms with Crippen molar-refractivity contribution in [1.29, 1.82) is 0 Å². The number of hydrogen-bond donors (Lipinski definition) is 2. The van der Waals surface area contributed by atoms with Gasteiger partial charge in [0.1, 0.15) is 17.9 Å². The molecule has 0 saturated carbocycles. The van der Waals surface area contributed by atoms with E-state index in [2.05, 4.69) is 26.2 Å². The number of nitrogens with two attached hydrogens (primary N) is 1. The predicted molar refractivity (Wildman–Crippen MR) is 137 cm³/mol. The molecule has 37 heavy (non-hydrogen) atoms. The summed E-state index contributed by atoms with van der Waals surface area (Å²) in [5.74, 6) is -1.70. The Balaban J connectivity index is 1.86. The molecule has 198 valence electrons. The molecule has 1 aromatic carbocycles. The van der Waals surface area contributed by atoms with Gasteiger partial charge in [0, 0.05) is 42.7 Å². The Morgan fingerprint density at radius 3 is 2.73 bits per heavy atom. The second kappa shape index (κ2) is 10.7. The first-order valence-electron chi connectivity index (χ1n) is 11.4. The molecule has 14 heteroatoms. The summed E-state index contributed by atoms with van der Waals surface area (Å²) in [7, 11) is -1.68. The van der Waals surface area contributed by atoms with E-state index in [1.165, 1.54) is 18.2 Å². The summed E-state index contributed by atoms with van der Waals surface area (Å²) in [5.41, 5.74) is 6.54. The number of amidine groups is 1. The molecule has 4 rings (SSSR count). The second-order valence-corrected chi connectivity index (χ2v) is 11.7. The molecule has 0 radical (unpaired) electrons. The van der Waals surface area contributed by atoms with Gasteiger partial charge in [-0.1, -0.05) is 22.0 Å². The molecule has 2 aliphatic heterocycles. The highest BCUT2D eigenvalue weighted by molar-refractivity contribution is 9.10. The van der Waals surface area contributed by atoms with Crippen molar-refractivity contribution in [2.24, 2.45) is 17.8 Å². The number of carbonyl (C=O) groups is 2. The highest BCUT2D eigenvalue weighted by atomic mass is 79.9. The standard InChI is InChI=1S/C23H26BrFN6O5S/c1-3-36-23(33)18-16(11-31-8-9-37(34,35)12-17(31)20(26)32)28-21(22-27-6-7-30(22)2)29-19(18)14-5-4-13(25)10-15(14)24/h4-7,10,17,19H,3,8-9,11-12H2,1-2H3,(H2,26,32)(H,28,29). The normalized spacial score (nSPS) is 21.8. The molecular formula is C23H26BrFN6O5S. The molecule has 0 spiro atoms. The van der Waals surface area contributed by atoms with Gasteiger partial charge in [-0.2, -0.15) is 0 Å². The summed E-state index contributed by atoms with van der Waals surface area (Å²) in [6.45, 7) is 1.78. The quantitative estimate of drug-likeness (QED) is 0.446. The van der Waals surface area contributed by atoms with Gasteiger partial charge in [-0.15, -0.1) is 0 Å². The molecule has 2 aliphatic rings. The lowest BCUT2D eigenvalue weighted by atomic mass is 9.95. The Bertz CT molecular complexity index is 1410. The number of amides is 1. The van der Waals surface area contributed by atoms with Gasteiger partial charge in [-0.25, -0.2) is 22.6 Å². The van der Waals surface area contributed by atoms with Gasteiger partial charge >= 0.3 is 5.97 Å². The number of imidazole rings is 1. The Hall–Kier alpha value is -3.10. The highest BCUT2D eigenvalue weighted by Crippen LogP contribution is 2.37. The van der Waals surface area contributed by atoms with Gasteiger partial charge in [0.25, 0.3) is 0 Å². The maximum absolute atomic E-state index is 13.9. The number of esters is 1. The van der Waals surface area contributed by atoms with Gasteiger partial charge in [-0.3, -0.25) is 14.7 Å². The summed E-state index contributed by atoms with van der Waals surface area (Å²) in [5, 5.41) is 3.16. The monoisotopic (exact) mass is 596 g/mol. The average molecular weight is 597 g/mol. The van der Waals surface area contributed by atoms with E-state index in [9.17, 15) is 22.4 Å². The summed E-state index contributed by atoms with van der Waals surface area (Å²) < 4.78 is 45.8. The van der Waals surface area contributed by atoms with E-state index in [1.54, 1.807) is 35.8 Å². The summed E-state index contributed by atoms with van der Waals surface area (Å²) in [4.78, 5) is 36.2. The van der Waals surface area contributed by atoms with Crippen LogP contribution in [0.25, 0.3) is 0 Å². The Labute approximate surface area is 221 Å². The smallest absolute Gasteiger partial charge is 0.338 e. The molecule has 0 bridgehead atoms. The number of aromatic nitrogens is 2. The fraction of sp³-hybridized carbons (Fsp3) is 0.391. The van der Waals surface area contributed by atoms with Crippen LogP contribution in [0.5, 0.6) is 0 Å². The predicted octanol–water partition coefficient (Wildman–Crippen LogP) is 0.814. The first kappa shape index (κ1) is 26.9. The van der Waals surface area contributed by atoms with Crippen LogP contribution in [0, 0.1) is 5.82 Å². The van der Waals surface area contributed by atoms with Crippen LogP contribution in [0.15, 0.2) is 51.3 Å².